The number of aromatic nitrogens is 3. The number of nitrogens with zero attached hydrogens (tertiary/aromatic N) is 4. The Kier molecular flexibility index (Phi) is 7.37. The van der Waals surface area contributed by atoms with Crippen LogP contribution >= 0.6 is 0 Å². The quantitative estimate of drug-likeness (QED) is 0.297. The number of rotatable bonds is 7. The molecule has 0 spiro atoms. The minimum atomic E-state index is -0.563. The normalized spacial score (nSPS) is 14.8. The van der Waals surface area contributed by atoms with Crippen molar-refractivity contribution in [2.45, 2.75) is 39.2 Å². The highest BCUT2D eigenvalue weighted by atomic mass is 19.1. The van der Waals surface area contributed by atoms with Gasteiger partial charge in [-0.1, -0.05) is 12.0 Å². The maximum absolute atomic E-state index is 14.6. The summed E-state index contributed by atoms with van der Waals surface area (Å²) in [6, 6.07) is 12.0. The number of imidazole rings is 1. The molecule has 1 saturated heterocycles. The lowest BCUT2D eigenvalue weighted by molar-refractivity contribution is -0.124. The lowest BCUT2D eigenvalue weighted by Gasteiger charge is -2.15. The molecule has 0 N–H and O–H groups in total. The summed E-state index contributed by atoms with van der Waals surface area (Å²) in [6.07, 6.45) is 4.14. The van der Waals surface area contributed by atoms with E-state index < -0.39 is 5.82 Å². The molecular formula is C30H29FN4O4. The second kappa shape index (κ2) is 11.0. The molecule has 2 aromatic carbocycles. The molecule has 9 heteroatoms. The van der Waals surface area contributed by atoms with Crippen LogP contribution in [0.25, 0.3) is 16.8 Å². The number of hydrogen-bond donors (Lipinski definition) is 0. The van der Waals surface area contributed by atoms with Crippen molar-refractivity contribution < 1.29 is 23.4 Å². The number of carbonyl (C=O) groups is 1. The first kappa shape index (κ1) is 26.0. The third-order valence-corrected chi connectivity index (χ3v) is 6.47. The minimum Gasteiger partial charge on any atom is -0.494 e. The highest BCUT2D eigenvalue weighted by Gasteiger charge is 2.31. The molecule has 1 aliphatic heterocycles. The van der Waals surface area contributed by atoms with Crippen LogP contribution in [0.15, 0.2) is 54.9 Å². The molecule has 1 atom stereocenters. The lowest BCUT2D eigenvalue weighted by atomic mass is 10.1. The topological polar surface area (TPSA) is 78.2 Å². The second-order valence-electron chi connectivity index (χ2n) is 9.46. The van der Waals surface area contributed by atoms with Gasteiger partial charge in [-0.05, 0) is 69.5 Å². The van der Waals surface area contributed by atoms with Crippen LogP contribution in [-0.4, -0.2) is 51.5 Å². The molecule has 1 fully saturated rings. The van der Waals surface area contributed by atoms with Gasteiger partial charge in [0.1, 0.15) is 11.6 Å². The Labute approximate surface area is 226 Å². The number of hydrogen-bond acceptors (Lipinski definition) is 6. The van der Waals surface area contributed by atoms with Crippen LogP contribution in [0, 0.1) is 17.7 Å². The fourth-order valence-electron chi connectivity index (χ4n) is 4.72. The molecule has 1 unspecified atom stereocenters. The van der Waals surface area contributed by atoms with Gasteiger partial charge >= 0.3 is 0 Å². The number of amides is 1. The van der Waals surface area contributed by atoms with Crippen LogP contribution < -0.4 is 14.2 Å². The Morgan fingerprint density at radius 1 is 1.13 bits per heavy atom. The van der Waals surface area contributed by atoms with Gasteiger partial charge < -0.3 is 19.1 Å². The molecule has 1 aliphatic rings. The Hall–Kier alpha value is -4.58. The summed E-state index contributed by atoms with van der Waals surface area (Å²) in [5.41, 5.74) is 2.35. The highest BCUT2D eigenvalue weighted by Crippen LogP contribution is 2.36. The van der Waals surface area contributed by atoms with Crippen LogP contribution in [0.1, 0.15) is 38.9 Å². The average Bonchev–Trinajstić information content (AvgIpc) is 3.56. The van der Waals surface area contributed by atoms with E-state index in [4.69, 9.17) is 19.2 Å². The summed E-state index contributed by atoms with van der Waals surface area (Å²) in [6.45, 7) is 6.71. The monoisotopic (exact) mass is 528 g/mol. The Balaban J connectivity index is 1.51. The lowest BCUT2D eigenvalue weighted by Crippen LogP contribution is -2.27. The van der Waals surface area contributed by atoms with E-state index in [1.54, 1.807) is 48.5 Å². The minimum absolute atomic E-state index is 0.00408. The molecule has 0 bridgehead atoms. The van der Waals surface area contributed by atoms with Crippen molar-refractivity contribution >= 4 is 11.4 Å². The molecule has 2 aromatic heterocycles. The molecular weight excluding hydrogens is 499 g/mol. The SMILES string of the molecule is CC#CC(=O)N1CCC(c2nc(-c3ccc(Oc4cccc(OC)c4F)cc3)c3cncc(OC(C)C)n23)C1. The maximum Gasteiger partial charge on any atom is 0.298 e. The van der Waals surface area contributed by atoms with E-state index in [1.807, 2.05) is 30.4 Å². The predicted molar refractivity (Wildman–Crippen MR) is 145 cm³/mol. The molecule has 1 amide bonds. The zero-order valence-electron chi connectivity index (χ0n) is 22.3. The zero-order chi connectivity index (χ0) is 27.5. The summed E-state index contributed by atoms with van der Waals surface area (Å²) in [5, 5.41) is 0. The van der Waals surface area contributed by atoms with E-state index >= 15 is 0 Å². The van der Waals surface area contributed by atoms with Gasteiger partial charge in [-0.2, -0.15) is 4.39 Å². The smallest absolute Gasteiger partial charge is 0.298 e. The summed E-state index contributed by atoms with van der Waals surface area (Å²) in [5.74, 6) is 6.63. The van der Waals surface area contributed by atoms with Gasteiger partial charge in [-0.3, -0.25) is 14.2 Å². The van der Waals surface area contributed by atoms with Gasteiger partial charge in [0, 0.05) is 24.6 Å². The van der Waals surface area contributed by atoms with E-state index in [2.05, 4.69) is 16.8 Å². The maximum atomic E-state index is 14.6. The number of methoxy groups -OCH3 is 1. The van der Waals surface area contributed by atoms with Crippen molar-refractivity contribution in [3.63, 3.8) is 0 Å². The van der Waals surface area contributed by atoms with Gasteiger partial charge in [0.05, 0.1) is 36.8 Å². The zero-order valence-corrected chi connectivity index (χ0v) is 22.3. The van der Waals surface area contributed by atoms with Crippen LogP contribution in [-0.2, 0) is 4.79 Å². The second-order valence-corrected chi connectivity index (χ2v) is 9.46. The summed E-state index contributed by atoms with van der Waals surface area (Å²) in [7, 11) is 1.41. The van der Waals surface area contributed by atoms with Crippen molar-refractivity contribution in [2.24, 2.45) is 0 Å². The molecule has 4 aromatic rings. The van der Waals surface area contributed by atoms with Gasteiger partial charge in [0.15, 0.2) is 11.5 Å². The van der Waals surface area contributed by atoms with Crippen LogP contribution in [0.4, 0.5) is 4.39 Å². The van der Waals surface area contributed by atoms with Crippen molar-refractivity contribution in [2.75, 3.05) is 20.2 Å². The number of carbonyl (C=O) groups excluding carboxylic acids is 1. The Morgan fingerprint density at radius 2 is 1.90 bits per heavy atom. The fraction of sp³-hybridized carbons (Fsp3) is 0.300. The van der Waals surface area contributed by atoms with E-state index in [0.717, 1.165) is 29.0 Å². The number of likely N-dealkylation sites (tertiary alicyclic amines) is 1. The molecule has 200 valence electrons. The molecule has 5 rings (SSSR count). The highest BCUT2D eigenvalue weighted by molar-refractivity contribution is 5.93. The van der Waals surface area contributed by atoms with Crippen molar-refractivity contribution in [1.82, 2.24) is 19.3 Å². The first-order chi connectivity index (χ1) is 18.9. The van der Waals surface area contributed by atoms with E-state index in [1.165, 1.54) is 13.2 Å². The predicted octanol–water partition coefficient (Wildman–Crippen LogP) is 5.46. The Bertz CT molecular complexity index is 1570. The van der Waals surface area contributed by atoms with Gasteiger partial charge in [-0.25, -0.2) is 4.98 Å². The molecule has 3 heterocycles. The molecule has 0 radical (unpaired) electrons. The summed E-state index contributed by atoms with van der Waals surface area (Å²) < 4.78 is 33.5. The number of halogens is 1. The van der Waals surface area contributed by atoms with Gasteiger partial charge in [0.25, 0.3) is 5.91 Å². The number of benzene rings is 2. The van der Waals surface area contributed by atoms with Crippen molar-refractivity contribution in [1.29, 1.82) is 0 Å². The number of fused-ring (bicyclic) bond motifs is 1. The standard InChI is InChI=1S/C30H29FN4O4/c1-5-7-26(36)34-15-14-21(18-34)30-33-29(23-16-32-17-27(35(23)30)38-19(2)3)20-10-12-22(13-11-20)39-25-9-6-8-24(37-4)28(25)31/h6,8-13,16-17,19,21H,14-15,18H2,1-4H3. The first-order valence-electron chi connectivity index (χ1n) is 12.7. The van der Waals surface area contributed by atoms with Crippen LogP contribution in [0.2, 0.25) is 0 Å². The van der Waals surface area contributed by atoms with E-state index in [-0.39, 0.29) is 29.4 Å². The number of ether oxygens (including phenoxy) is 3. The van der Waals surface area contributed by atoms with Crippen molar-refractivity contribution in [3.05, 3.63) is 66.5 Å². The van der Waals surface area contributed by atoms with Crippen molar-refractivity contribution in [3.8, 4) is 46.2 Å². The molecule has 0 aliphatic carbocycles. The van der Waals surface area contributed by atoms with E-state index in [9.17, 15) is 9.18 Å². The van der Waals surface area contributed by atoms with Crippen LogP contribution in [0.3, 0.4) is 0 Å². The van der Waals surface area contributed by atoms with Gasteiger partial charge in [-0.15, -0.1) is 0 Å². The Morgan fingerprint density at radius 3 is 2.62 bits per heavy atom. The molecule has 8 nitrogen and oxygen atoms in total. The first-order valence-corrected chi connectivity index (χ1v) is 12.7. The van der Waals surface area contributed by atoms with E-state index in [0.29, 0.717) is 24.7 Å². The molecule has 39 heavy (non-hydrogen) atoms. The summed E-state index contributed by atoms with van der Waals surface area (Å²) >= 11 is 0. The summed E-state index contributed by atoms with van der Waals surface area (Å²) in [4.78, 5) is 23.6. The average molecular weight is 529 g/mol. The van der Waals surface area contributed by atoms with Crippen LogP contribution in [0.5, 0.6) is 23.1 Å². The third-order valence-electron chi connectivity index (χ3n) is 6.47. The fourth-order valence-corrected chi connectivity index (χ4v) is 4.72. The third kappa shape index (κ3) is 5.23. The molecule has 0 saturated carbocycles. The van der Waals surface area contributed by atoms with Gasteiger partial charge in [0.2, 0.25) is 11.7 Å². The largest absolute Gasteiger partial charge is 0.494 e.